The monoisotopic (exact) mass is 208 g/mol. The molecular formula is C16H16. The van der Waals surface area contributed by atoms with Crippen LogP contribution in [-0.2, 0) is 0 Å². The van der Waals surface area contributed by atoms with Crippen LogP contribution < -0.4 is 0 Å². The van der Waals surface area contributed by atoms with Gasteiger partial charge in [-0.1, -0.05) is 49.1 Å². The van der Waals surface area contributed by atoms with Gasteiger partial charge >= 0.3 is 0 Å². The average Bonchev–Trinajstić information content (AvgIpc) is 2.33. The standard InChI is InChI=1S/C16H16/c1-4-8-15-12(3)16-10-7-6-9-14(16)11-13(15)5-2/h4-11H,2H2,1,3H3/b8-4-. The highest BCUT2D eigenvalue weighted by atomic mass is 14.1. The zero-order valence-corrected chi connectivity index (χ0v) is 9.83. The molecule has 0 bridgehead atoms. The van der Waals surface area contributed by atoms with Crippen LogP contribution >= 0.6 is 0 Å². The van der Waals surface area contributed by atoms with Crippen LogP contribution in [0, 0.1) is 6.92 Å². The number of benzene rings is 2. The number of fused-ring (bicyclic) bond motifs is 1. The number of rotatable bonds is 2. The van der Waals surface area contributed by atoms with Crippen LogP contribution in [0.5, 0.6) is 0 Å². The first-order chi connectivity index (χ1) is 7.77. The van der Waals surface area contributed by atoms with Crippen LogP contribution in [0.4, 0.5) is 0 Å². The SMILES string of the molecule is C=Cc1cc2ccccc2c(C)c1/C=C\C. The van der Waals surface area contributed by atoms with E-state index in [1.807, 2.05) is 13.0 Å². The van der Waals surface area contributed by atoms with E-state index in [0.29, 0.717) is 0 Å². The summed E-state index contributed by atoms with van der Waals surface area (Å²) in [7, 11) is 0. The van der Waals surface area contributed by atoms with Gasteiger partial charge in [0.25, 0.3) is 0 Å². The molecule has 0 aromatic heterocycles. The Balaban J connectivity index is 2.87. The Labute approximate surface area is 96.9 Å². The highest BCUT2D eigenvalue weighted by Gasteiger charge is 2.05. The summed E-state index contributed by atoms with van der Waals surface area (Å²) in [5.74, 6) is 0. The van der Waals surface area contributed by atoms with Gasteiger partial charge in [0.2, 0.25) is 0 Å². The molecule has 0 radical (unpaired) electrons. The van der Waals surface area contributed by atoms with Gasteiger partial charge in [0.1, 0.15) is 0 Å². The maximum atomic E-state index is 3.89. The molecule has 2 rings (SSSR count). The molecule has 2 aromatic rings. The Morgan fingerprint density at radius 3 is 2.62 bits per heavy atom. The predicted molar refractivity (Wildman–Crippen MR) is 73.5 cm³/mol. The van der Waals surface area contributed by atoms with Gasteiger partial charge in [-0.05, 0) is 47.4 Å². The molecule has 0 heterocycles. The molecule has 0 atom stereocenters. The maximum Gasteiger partial charge on any atom is -0.0148 e. The summed E-state index contributed by atoms with van der Waals surface area (Å²) in [6, 6.07) is 10.7. The fourth-order valence-corrected chi connectivity index (χ4v) is 2.13. The minimum atomic E-state index is 1.20. The average molecular weight is 208 g/mol. The largest absolute Gasteiger partial charge is 0.0984 e. The Morgan fingerprint density at radius 1 is 1.19 bits per heavy atom. The summed E-state index contributed by atoms with van der Waals surface area (Å²) in [6.07, 6.45) is 6.15. The second-order valence-corrected chi connectivity index (χ2v) is 3.93. The molecular weight excluding hydrogens is 192 g/mol. The van der Waals surface area contributed by atoms with Crippen LogP contribution in [0.15, 0.2) is 43.0 Å². The van der Waals surface area contributed by atoms with Crippen molar-refractivity contribution < 1.29 is 0 Å². The van der Waals surface area contributed by atoms with Crippen molar-refractivity contribution in [1.29, 1.82) is 0 Å². The Morgan fingerprint density at radius 2 is 1.94 bits per heavy atom. The number of allylic oxidation sites excluding steroid dienone is 1. The first-order valence-electron chi connectivity index (χ1n) is 5.55. The van der Waals surface area contributed by atoms with Gasteiger partial charge in [-0.2, -0.15) is 0 Å². The van der Waals surface area contributed by atoms with Crippen LogP contribution in [0.25, 0.3) is 22.9 Å². The first-order valence-corrected chi connectivity index (χ1v) is 5.55. The fourth-order valence-electron chi connectivity index (χ4n) is 2.13. The summed E-state index contributed by atoms with van der Waals surface area (Å²) in [5.41, 5.74) is 3.80. The lowest BCUT2D eigenvalue weighted by molar-refractivity contribution is 1.48. The third-order valence-corrected chi connectivity index (χ3v) is 2.94. The minimum Gasteiger partial charge on any atom is -0.0984 e. The third kappa shape index (κ3) is 1.67. The summed E-state index contributed by atoms with van der Waals surface area (Å²) in [4.78, 5) is 0. The van der Waals surface area contributed by atoms with Gasteiger partial charge in [-0.15, -0.1) is 0 Å². The van der Waals surface area contributed by atoms with E-state index < -0.39 is 0 Å². The Hall–Kier alpha value is -1.82. The zero-order chi connectivity index (χ0) is 11.5. The van der Waals surface area contributed by atoms with Crippen molar-refractivity contribution in [3.8, 4) is 0 Å². The summed E-state index contributed by atoms with van der Waals surface area (Å²) in [5, 5.41) is 2.60. The van der Waals surface area contributed by atoms with Crippen molar-refractivity contribution >= 4 is 22.9 Å². The van der Waals surface area contributed by atoms with Gasteiger partial charge in [-0.25, -0.2) is 0 Å². The Bertz CT molecular complexity index is 560. The number of hydrogen-bond acceptors (Lipinski definition) is 0. The van der Waals surface area contributed by atoms with Crippen LogP contribution in [-0.4, -0.2) is 0 Å². The van der Waals surface area contributed by atoms with E-state index in [2.05, 4.69) is 56.0 Å². The van der Waals surface area contributed by atoms with E-state index >= 15 is 0 Å². The number of aryl methyl sites for hydroxylation is 1. The lowest BCUT2D eigenvalue weighted by Crippen LogP contribution is -1.88. The van der Waals surface area contributed by atoms with Crippen LogP contribution in [0.1, 0.15) is 23.6 Å². The highest BCUT2D eigenvalue weighted by molar-refractivity contribution is 5.91. The fraction of sp³-hybridized carbons (Fsp3) is 0.125. The first kappa shape index (κ1) is 10.7. The predicted octanol–water partition coefficient (Wildman–Crippen LogP) is 4.82. The van der Waals surface area contributed by atoms with Crippen LogP contribution in [0.3, 0.4) is 0 Å². The lowest BCUT2D eigenvalue weighted by Gasteiger charge is -2.10. The maximum absolute atomic E-state index is 3.89. The molecule has 2 aromatic carbocycles. The quantitative estimate of drug-likeness (QED) is 0.663. The minimum absolute atomic E-state index is 1.20. The third-order valence-electron chi connectivity index (χ3n) is 2.94. The summed E-state index contributed by atoms with van der Waals surface area (Å²) >= 11 is 0. The second-order valence-electron chi connectivity index (χ2n) is 3.93. The molecule has 0 aliphatic heterocycles. The normalized spacial score (nSPS) is 11.1. The van der Waals surface area contributed by atoms with Crippen molar-refractivity contribution in [1.82, 2.24) is 0 Å². The molecule has 0 N–H and O–H groups in total. The molecule has 0 aliphatic carbocycles. The molecule has 0 saturated carbocycles. The molecule has 0 amide bonds. The van der Waals surface area contributed by atoms with Gasteiger partial charge in [-0.3, -0.25) is 0 Å². The van der Waals surface area contributed by atoms with E-state index in [-0.39, 0.29) is 0 Å². The van der Waals surface area contributed by atoms with Crippen molar-refractivity contribution in [2.75, 3.05) is 0 Å². The second kappa shape index (κ2) is 4.36. The highest BCUT2D eigenvalue weighted by Crippen LogP contribution is 2.27. The topological polar surface area (TPSA) is 0 Å². The molecule has 0 fully saturated rings. The van der Waals surface area contributed by atoms with Gasteiger partial charge in [0.15, 0.2) is 0 Å². The van der Waals surface area contributed by atoms with E-state index in [1.165, 1.54) is 27.5 Å². The lowest BCUT2D eigenvalue weighted by atomic mass is 9.94. The summed E-state index contributed by atoms with van der Waals surface area (Å²) < 4.78 is 0. The van der Waals surface area contributed by atoms with Gasteiger partial charge in [0, 0.05) is 0 Å². The van der Waals surface area contributed by atoms with Crippen LogP contribution in [0.2, 0.25) is 0 Å². The van der Waals surface area contributed by atoms with E-state index in [9.17, 15) is 0 Å². The van der Waals surface area contributed by atoms with Crippen molar-refractivity contribution in [2.24, 2.45) is 0 Å². The smallest absolute Gasteiger partial charge is 0.0148 e. The van der Waals surface area contributed by atoms with E-state index in [1.54, 1.807) is 0 Å². The molecule has 0 saturated heterocycles. The van der Waals surface area contributed by atoms with Crippen molar-refractivity contribution in [2.45, 2.75) is 13.8 Å². The molecule has 0 aliphatic rings. The zero-order valence-electron chi connectivity index (χ0n) is 9.83. The molecule has 0 heteroatoms. The Kier molecular flexibility index (Phi) is 2.91. The van der Waals surface area contributed by atoms with Gasteiger partial charge < -0.3 is 0 Å². The molecule has 16 heavy (non-hydrogen) atoms. The molecule has 0 unspecified atom stereocenters. The van der Waals surface area contributed by atoms with Crippen molar-refractivity contribution in [3.05, 3.63) is 59.7 Å². The van der Waals surface area contributed by atoms with Crippen molar-refractivity contribution in [3.63, 3.8) is 0 Å². The summed E-state index contributed by atoms with van der Waals surface area (Å²) in [6.45, 7) is 8.10. The molecule has 80 valence electrons. The molecule has 0 nitrogen and oxygen atoms in total. The van der Waals surface area contributed by atoms with E-state index in [0.717, 1.165) is 0 Å². The number of hydrogen-bond donors (Lipinski definition) is 0. The molecule has 0 spiro atoms. The van der Waals surface area contributed by atoms with E-state index in [4.69, 9.17) is 0 Å². The van der Waals surface area contributed by atoms with Gasteiger partial charge in [0.05, 0.1) is 0 Å².